The number of aromatic nitrogens is 4. The number of benzene rings is 1. The van der Waals surface area contributed by atoms with E-state index >= 15 is 0 Å². The van der Waals surface area contributed by atoms with Gasteiger partial charge in [0.25, 0.3) is 5.91 Å². The van der Waals surface area contributed by atoms with Gasteiger partial charge in [-0.1, -0.05) is 39.0 Å². The average molecular weight is 455 g/mol. The molecule has 0 fully saturated rings. The van der Waals surface area contributed by atoms with Gasteiger partial charge in [0.05, 0.1) is 16.8 Å². The Morgan fingerprint density at radius 3 is 2.62 bits per heavy atom. The van der Waals surface area contributed by atoms with Crippen molar-refractivity contribution in [1.82, 2.24) is 25.3 Å². The maximum Gasteiger partial charge on any atom is 0.251 e. The first-order valence-electron chi connectivity index (χ1n) is 11.6. The molecule has 7 heteroatoms. The number of para-hydroxylation sites is 1. The summed E-state index contributed by atoms with van der Waals surface area (Å²) in [7, 11) is 1.64. The highest BCUT2D eigenvalue weighted by molar-refractivity contribution is 6.06. The number of carbonyl (C=O) groups is 1. The number of nitrogens with zero attached hydrogens (tertiary/aromatic N) is 4. The molecule has 0 aliphatic rings. The second-order valence-corrected chi connectivity index (χ2v) is 8.51. The summed E-state index contributed by atoms with van der Waals surface area (Å²) in [6, 6.07) is 13.8. The lowest BCUT2D eigenvalue weighted by Crippen LogP contribution is -2.19. The lowest BCUT2D eigenvalue weighted by Gasteiger charge is -2.22. The topological polar surface area (TPSA) is 92.7 Å². The van der Waals surface area contributed by atoms with Crippen molar-refractivity contribution in [2.24, 2.45) is 5.92 Å². The first-order chi connectivity index (χ1) is 16.5. The Hall–Kier alpha value is -3.87. The lowest BCUT2D eigenvalue weighted by molar-refractivity contribution is 0.0964. The largest absolute Gasteiger partial charge is 0.370 e. The molecule has 34 heavy (non-hydrogen) atoms. The van der Waals surface area contributed by atoms with Crippen molar-refractivity contribution in [1.29, 1.82) is 0 Å². The van der Waals surface area contributed by atoms with Crippen molar-refractivity contribution >= 4 is 22.6 Å². The fourth-order valence-electron chi connectivity index (χ4n) is 4.04. The number of pyridine rings is 2. The number of amides is 1. The van der Waals surface area contributed by atoms with Gasteiger partial charge in [0.2, 0.25) is 0 Å². The predicted molar refractivity (Wildman–Crippen MR) is 136 cm³/mol. The van der Waals surface area contributed by atoms with Crippen LogP contribution in [0.4, 0.5) is 5.82 Å². The van der Waals surface area contributed by atoms with E-state index < -0.39 is 0 Å². The van der Waals surface area contributed by atoms with Crippen LogP contribution in [-0.2, 0) is 6.42 Å². The Labute approximate surface area is 200 Å². The van der Waals surface area contributed by atoms with Crippen molar-refractivity contribution < 1.29 is 4.79 Å². The highest BCUT2D eigenvalue weighted by Crippen LogP contribution is 2.31. The van der Waals surface area contributed by atoms with E-state index in [1.54, 1.807) is 25.6 Å². The van der Waals surface area contributed by atoms with E-state index in [9.17, 15) is 4.79 Å². The third-order valence-corrected chi connectivity index (χ3v) is 6.37. The molecule has 3 heterocycles. The zero-order valence-electron chi connectivity index (χ0n) is 20.0. The summed E-state index contributed by atoms with van der Waals surface area (Å²) in [5.41, 5.74) is 5.51. The van der Waals surface area contributed by atoms with Crippen LogP contribution in [0.5, 0.6) is 0 Å². The van der Waals surface area contributed by atoms with Crippen LogP contribution < -0.4 is 10.6 Å². The van der Waals surface area contributed by atoms with Crippen LogP contribution in [0.25, 0.3) is 22.2 Å². The molecule has 0 saturated carbocycles. The van der Waals surface area contributed by atoms with E-state index in [-0.39, 0.29) is 11.8 Å². The second kappa shape index (κ2) is 10.4. The van der Waals surface area contributed by atoms with Crippen LogP contribution >= 0.6 is 0 Å². The smallest absolute Gasteiger partial charge is 0.251 e. The summed E-state index contributed by atoms with van der Waals surface area (Å²) < 4.78 is 0. The van der Waals surface area contributed by atoms with Gasteiger partial charge in [0.1, 0.15) is 12.1 Å². The quantitative estimate of drug-likeness (QED) is 0.395. The maximum absolute atomic E-state index is 12.3. The number of fused-ring (bicyclic) bond motifs is 1. The maximum atomic E-state index is 12.3. The molecule has 4 rings (SSSR count). The van der Waals surface area contributed by atoms with E-state index in [0.717, 1.165) is 52.2 Å². The highest BCUT2D eigenvalue weighted by atomic mass is 16.1. The lowest BCUT2D eigenvalue weighted by atomic mass is 9.87. The summed E-state index contributed by atoms with van der Waals surface area (Å²) in [5.74, 6) is 1.18. The molecule has 174 valence electrons. The van der Waals surface area contributed by atoms with Gasteiger partial charge in [-0.05, 0) is 42.0 Å². The fourth-order valence-corrected chi connectivity index (χ4v) is 4.04. The van der Waals surface area contributed by atoms with E-state index in [2.05, 4.69) is 57.4 Å². The van der Waals surface area contributed by atoms with Crippen molar-refractivity contribution in [2.75, 3.05) is 18.9 Å². The molecule has 2 N–H and O–H groups in total. The standard InChI is InChI=1S/C27H30N6O/c1-5-20-10-9-19(15-30-20)24-13-25(33-16-32-24)31-14-17(2)18(3)21-7-6-8-22-23(27(34)28-4)11-12-29-26(21)22/h6-13,15-18H,5,14H2,1-4H3,(H,28,34)(H,31,32,33). The molecule has 1 amide bonds. The third-order valence-electron chi connectivity index (χ3n) is 6.37. The monoisotopic (exact) mass is 454 g/mol. The minimum absolute atomic E-state index is 0.106. The third kappa shape index (κ3) is 4.88. The Balaban J connectivity index is 1.50. The van der Waals surface area contributed by atoms with Gasteiger partial charge >= 0.3 is 0 Å². The first kappa shape index (κ1) is 23.3. The number of aryl methyl sites for hydroxylation is 1. The van der Waals surface area contributed by atoms with Crippen LogP contribution in [0.2, 0.25) is 0 Å². The zero-order chi connectivity index (χ0) is 24.1. The molecule has 0 aliphatic heterocycles. The van der Waals surface area contributed by atoms with Crippen LogP contribution in [0.1, 0.15) is 48.3 Å². The minimum Gasteiger partial charge on any atom is -0.370 e. The van der Waals surface area contributed by atoms with Gasteiger partial charge in [-0.2, -0.15) is 0 Å². The summed E-state index contributed by atoms with van der Waals surface area (Å²) >= 11 is 0. The number of carbonyl (C=O) groups excluding carboxylic acids is 1. The highest BCUT2D eigenvalue weighted by Gasteiger charge is 2.19. The molecule has 0 aliphatic carbocycles. The van der Waals surface area contributed by atoms with E-state index in [4.69, 9.17) is 0 Å². The molecule has 2 atom stereocenters. The zero-order valence-corrected chi connectivity index (χ0v) is 20.0. The number of hydrogen-bond acceptors (Lipinski definition) is 6. The Bertz CT molecular complexity index is 1290. The normalized spacial score (nSPS) is 12.8. The van der Waals surface area contributed by atoms with Crippen LogP contribution in [0, 0.1) is 5.92 Å². The molecule has 3 aromatic heterocycles. The van der Waals surface area contributed by atoms with Gasteiger partial charge in [0.15, 0.2) is 0 Å². The van der Waals surface area contributed by atoms with Crippen LogP contribution in [0.15, 0.2) is 61.2 Å². The van der Waals surface area contributed by atoms with E-state index in [0.29, 0.717) is 11.5 Å². The van der Waals surface area contributed by atoms with Gasteiger partial charge in [-0.25, -0.2) is 9.97 Å². The molecular weight excluding hydrogens is 424 g/mol. The molecule has 0 bridgehead atoms. The van der Waals surface area contributed by atoms with E-state index in [1.165, 1.54) is 0 Å². The Morgan fingerprint density at radius 1 is 1.03 bits per heavy atom. The van der Waals surface area contributed by atoms with Gasteiger partial charge in [-0.15, -0.1) is 0 Å². The van der Waals surface area contributed by atoms with E-state index in [1.807, 2.05) is 36.5 Å². The fraction of sp³-hybridized carbons (Fsp3) is 0.296. The molecule has 0 spiro atoms. The summed E-state index contributed by atoms with van der Waals surface area (Å²) in [6.07, 6.45) is 6.05. The summed E-state index contributed by atoms with van der Waals surface area (Å²) in [4.78, 5) is 30.2. The summed E-state index contributed by atoms with van der Waals surface area (Å²) in [5, 5.41) is 7.04. The molecular formula is C27H30N6O. The van der Waals surface area contributed by atoms with Crippen LogP contribution in [-0.4, -0.2) is 39.4 Å². The number of hydrogen-bond donors (Lipinski definition) is 2. The van der Waals surface area contributed by atoms with Crippen molar-refractivity contribution in [2.45, 2.75) is 33.1 Å². The Kier molecular flexibility index (Phi) is 7.11. The van der Waals surface area contributed by atoms with Crippen molar-refractivity contribution in [3.8, 4) is 11.3 Å². The van der Waals surface area contributed by atoms with Crippen LogP contribution in [0.3, 0.4) is 0 Å². The molecule has 0 saturated heterocycles. The second-order valence-electron chi connectivity index (χ2n) is 8.51. The van der Waals surface area contributed by atoms with Crippen molar-refractivity contribution in [3.63, 3.8) is 0 Å². The number of rotatable bonds is 8. The predicted octanol–water partition coefficient (Wildman–Crippen LogP) is 4.86. The average Bonchev–Trinajstić information content (AvgIpc) is 2.90. The molecule has 4 aromatic rings. The molecule has 0 radical (unpaired) electrons. The first-order valence-corrected chi connectivity index (χ1v) is 11.6. The summed E-state index contributed by atoms with van der Waals surface area (Å²) in [6.45, 7) is 7.22. The minimum atomic E-state index is -0.106. The van der Waals surface area contributed by atoms with Gasteiger partial charge in [-0.3, -0.25) is 14.8 Å². The van der Waals surface area contributed by atoms with Crippen molar-refractivity contribution in [3.05, 3.63) is 78.0 Å². The number of nitrogens with one attached hydrogen (secondary N) is 2. The van der Waals surface area contributed by atoms with Gasteiger partial charge in [0, 0.05) is 48.7 Å². The molecule has 2 unspecified atom stereocenters. The Morgan fingerprint density at radius 2 is 1.88 bits per heavy atom. The molecule has 7 nitrogen and oxygen atoms in total. The SMILES string of the molecule is CCc1ccc(-c2cc(NCC(C)C(C)c3cccc4c(C(=O)NC)ccnc34)ncn2)cn1. The molecule has 1 aromatic carbocycles. The van der Waals surface area contributed by atoms with Gasteiger partial charge < -0.3 is 10.6 Å². The number of anilines is 1.